The quantitative estimate of drug-likeness (QED) is 0.608. The fourth-order valence-electron chi connectivity index (χ4n) is 3.64. The highest BCUT2D eigenvalue weighted by Crippen LogP contribution is 2.28. The van der Waals surface area contributed by atoms with Crippen LogP contribution in [0.2, 0.25) is 0 Å². The third kappa shape index (κ3) is 4.04. The molecule has 4 rings (SSSR count). The Balaban J connectivity index is 1.25. The first-order valence-corrected chi connectivity index (χ1v) is 10.6. The summed E-state index contributed by atoms with van der Waals surface area (Å²) in [6, 6.07) is 4.67. The summed E-state index contributed by atoms with van der Waals surface area (Å²) in [5.74, 6) is 0.631. The van der Waals surface area contributed by atoms with Gasteiger partial charge in [-0.3, -0.25) is 9.69 Å². The van der Waals surface area contributed by atoms with E-state index in [1.54, 1.807) is 23.3 Å². The third-order valence-corrected chi connectivity index (χ3v) is 6.92. The van der Waals surface area contributed by atoms with Crippen LogP contribution >= 0.6 is 23.1 Å². The first-order valence-electron chi connectivity index (χ1n) is 8.76. The average molecular weight is 375 g/mol. The minimum atomic E-state index is 0.203. The van der Waals surface area contributed by atoms with Crippen LogP contribution in [0, 0.1) is 0 Å². The molecule has 5 nitrogen and oxygen atoms in total. The highest BCUT2D eigenvalue weighted by Gasteiger charge is 2.29. The van der Waals surface area contributed by atoms with E-state index in [1.807, 2.05) is 16.2 Å². The molecule has 1 amide bonds. The monoisotopic (exact) mass is 374 g/mol. The van der Waals surface area contributed by atoms with E-state index < -0.39 is 0 Å². The van der Waals surface area contributed by atoms with Gasteiger partial charge in [-0.25, -0.2) is 9.97 Å². The van der Waals surface area contributed by atoms with Crippen molar-refractivity contribution in [1.82, 2.24) is 19.8 Å². The molecule has 0 aliphatic carbocycles. The van der Waals surface area contributed by atoms with Gasteiger partial charge in [-0.05, 0) is 42.3 Å². The summed E-state index contributed by atoms with van der Waals surface area (Å²) in [5.41, 5.74) is 1.51. The molecule has 0 atom stereocenters. The average Bonchev–Trinajstić information content (AvgIpc) is 3.15. The molecule has 0 radical (unpaired) electrons. The summed E-state index contributed by atoms with van der Waals surface area (Å²) in [4.78, 5) is 26.9. The van der Waals surface area contributed by atoms with Gasteiger partial charge in [0.2, 0.25) is 5.91 Å². The fraction of sp³-hybridized carbons (Fsp3) is 0.500. The maximum atomic E-state index is 12.4. The molecule has 0 bridgehead atoms. The normalized spacial score (nSPS) is 19.0. The lowest BCUT2D eigenvalue weighted by molar-refractivity contribution is -0.130. The zero-order valence-corrected chi connectivity index (χ0v) is 15.8. The molecule has 2 aliphatic rings. The topological polar surface area (TPSA) is 49.3 Å². The molecule has 2 aliphatic heterocycles. The van der Waals surface area contributed by atoms with Gasteiger partial charge >= 0.3 is 0 Å². The van der Waals surface area contributed by atoms with Crippen LogP contribution < -0.4 is 0 Å². The molecular formula is C18H22N4OS2. The van der Waals surface area contributed by atoms with Gasteiger partial charge in [-0.15, -0.1) is 11.3 Å². The molecule has 0 saturated carbocycles. The fourth-order valence-corrected chi connectivity index (χ4v) is 5.24. The van der Waals surface area contributed by atoms with Crippen LogP contribution in [0.25, 0.3) is 0 Å². The van der Waals surface area contributed by atoms with Gasteiger partial charge in [-0.1, -0.05) is 11.8 Å². The van der Waals surface area contributed by atoms with Crippen molar-refractivity contribution in [3.63, 3.8) is 0 Å². The molecule has 1 fully saturated rings. The summed E-state index contributed by atoms with van der Waals surface area (Å²) in [6.07, 6.45) is 6.76. The van der Waals surface area contributed by atoms with Crippen LogP contribution in [-0.2, 0) is 17.8 Å². The van der Waals surface area contributed by atoms with Crippen molar-refractivity contribution in [2.45, 2.75) is 37.0 Å². The third-order valence-electron chi connectivity index (χ3n) is 5.04. The van der Waals surface area contributed by atoms with E-state index in [1.165, 1.54) is 23.7 Å². The number of aromatic nitrogens is 2. The Morgan fingerprint density at radius 1 is 1.24 bits per heavy atom. The highest BCUT2D eigenvalue weighted by atomic mass is 32.2. The lowest BCUT2D eigenvalue weighted by Gasteiger charge is -2.40. The molecule has 0 aromatic carbocycles. The summed E-state index contributed by atoms with van der Waals surface area (Å²) in [7, 11) is 0. The van der Waals surface area contributed by atoms with Gasteiger partial charge in [0.25, 0.3) is 0 Å². The van der Waals surface area contributed by atoms with E-state index in [2.05, 4.69) is 26.3 Å². The van der Waals surface area contributed by atoms with Gasteiger partial charge in [0, 0.05) is 49.5 Å². The van der Waals surface area contributed by atoms with Gasteiger partial charge in [0.05, 0.1) is 5.75 Å². The minimum Gasteiger partial charge on any atom is -0.342 e. The molecule has 2 aromatic rings. The first-order chi connectivity index (χ1) is 12.3. The maximum Gasteiger partial charge on any atom is 0.233 e. The number of carbonyl (C=O) groups is 1. The number of carbonyl (C=O) groups excluding carboxylic acids is 1. The van der Waals surface area contributed by atoms with Crippen molar-refractivity contribution in [2.75, 3.05) is 25.4 Å². The second-order valence-electron chi connectivity index (χ2n) is 6.52. The number of likely N-dealkylation sites (tertiary alicyclic amines) is 1. The van der Waals surface area contributed by atoms with Crippen molar-refractivity contribution in [2.24, 2.45) is 0 Å². The van der Waals surface area contributed by atoms with E-state index >= 15 is 0 Å². The van der Waals surface area contributed by atoms with Gasteiger partial charge < -0.3 is 4.90 Å². The SMILES string of the molecule is O=C(CSc1ncccn1)N1CCC(N2CCc3sccc3C2)CC1. The second-order valence-corrected chi connectivity index (χ2v) is 8.46. The lowest BCUT2D eigenvalue weighted by Crippen LogP contribution is -2.48. The van der Waals surface area contributed by atoms with Crippen LogP contribution in [0.1, 0.15) is 23.3 Å². The van der Waals surface area contributed by atoms with E-state index in [4.69, 9.17) is 0 Å². The Morgan fingerprint density at radius 2 is 2.04 bits per heavy atom. The van der Waals surface area contributed by atoms with Gasteiger partial charge in [0.15, 0.2) is 5.16 Å². The summed E-state index contributed by atoms with van der Waals surface area (Å²) in [6.45, 7) is 3.98. The largest absolute Gasteiger partial charge is 0.342 e. The molecule has 7 heteroatoms. The number of piperidine rings is 1. The van der Waals surface area contributed by atoms with Crippen molar-refractivity contribution < 1.29 is 4.79 Å². The van der Waals surface area contributed by atoms with Crippen LogP contribution in [-0.4, -0.2) is 57.1 Å². The molecule has 132 valence electrons. The maximum absolute atomic E-state index is 12.4. The molecule has 25 heavy (non-hydrogen) atoms. The predicted octanol–water partition coefficient (Wildman–Crippen LogP) is 2.68. The Labute approximate surface area is 156 Å². The van der Waals surface area contributed by atoms with Crippen molar-refractivity contribution in [3.8, 4) is 0 Å². The number of amides is 1. The predicted molar refractivity (Wildman–Crippen MR) is 101 cm³/mol. The number of nitrogens with zero attached hydrogens (tertiary/aromatic N) is 4. The van der Waals surface area contributed by atoms with E-state index in [-0.39, 0.29) is 5.91 Å². The van der Waals surface area contributed by atoms with Crippen LogP contribution in [0.5, 0.6) is 0 Å². The zero-order valence-electron chi connectivity index (χ0n) is 14.1. The minimum absolute atomic E-state index is 0.203. The molecule has 2 aromatic heterocycles. The summed E-state index contributed by atoms with van der Waals surface area (Å²) in [5, 5.41) is 2.88. The molecular weight excluding hydrogens is 352 g/mol. The number of rotatable bonds is 4. The standard InChI is InChI=1S/C18H22N4OS2/c23-17(13-25-18-19-6-1-7-20-18)21-8-2-15(3-9-21)22-10-4-16-14(12-22)5-11-24-16/h1,5-7,11,15H,2-4,8-10,12-13H2. The summed E-state index contributed by atoms with van der Waals surface area (Å²) >= 11 is 3.31. The first kappa shape index (κ1) is 17.0. The number of thiophene rings is 1. The zero-order chi connectivity index (χ0) is 17.1. The number of fused-ring (bicyclic) bond motifs is 1. The van der Waals surface area contributed by atoms with Gasteiger partial charge in [0.1, 0.15) is 0 Å². The van der Waals surface area contributed by atoms with Gasteiger partial charge in [-0.2, -0.15) is 0 Å². The molecule has 4 heterocycles. The van der Waals surface area contributed by atoms with Crippen molar-refractivity contribution in [3.05, 3.63) is 40.3 Å². The summed E-state index contributed by atoms with van der Waals surface area (Å²) < 4.78 is 0. The molecule has 0 unspecified atom stereocenters. The molecule has 0 spiro atoms. The van der Waals surface area contributed by atoms with E-state index in [9.17, 15) is 4.79 Å². The Morgan fingerprint density at radius 3 is 2.84 bits per heavy atom. The second kappa shape index (κ2) is 7.85. The molecule has 1 saturated heterocycles. The van der Waals surface area contributed by atoms with Crippen LogP contribution in [0.3, 0.4) is 0 Å². The highest BCUT2D eigenvalue weighted by molar-refractivity contribution is 7.99. The Hall–Kier alpha value is -1.44. The number of hydrogen-bond donors (Lipinski definition) is 0. The van der Waals surface area contributed by atoms with Crippen molar-refractivity contribution in [1.29, 1.82) is 0 Å². The smallest absolute Gasteiger partial charge is 0.233 e. The van der Waals surface area contributed by atoms with Crippen LogP contribution in [0.15, 0.2) is 35.1 Å². The molecule has 0 N–H and O–H groups in total. The Kier molecular flexibility index (Phi) is 5.33. The number of hydrogen-bond acceptors (Lipinski definition) is 6. The number of thioether (sulfide) groups is 1. The van der Waals surface area contributed by atoms with Crippen molar-refractivity contribution >= 4 is 29.0 Å². The van der Waals surface area contributed by atoms with E-state index in [0.29, 0.717) is 17.0 Å². The van der Waals surface area contributed by atoms with Crippen LogP contribution in [0.4, 0.5) is 0 Å². The van der Waals surface area contributed by atoms with E-state index in [0.717, 1.165) is 39.0 Å². The Bertz CT molecular complexity index is 713. The lowest BCUT2D eigenvalue weighted by atomic mass is 9.99.